The Labute approximate surface area is 156 Å². The topological polar surface area (TPSA) is 57.8 Å². The number of aryl methyl sites for hydroxylation is 1. The maximum Gasteiger partial charge on any atom is 0.262 e. The summed E-state index contributed by atoms with van der Waals surface area (Å²) in [6.45, 7) is 3.86. The third-order valence-corrected chi connectivity index (χ3v) is 5.03. The van der Waals surface area contributed by atoms with E-state index in [1.165, 1.54) is 0 Å². The van der Waals surface area contributed by atoms with Crippen molar-refractivity contribution in [2.75, 3.05) is 0 Å². The van der Waals surface area contributed by atoms with Gasteiger partial charge in [-0.25, -0.2) is 0 Å². The third-order valence-electron chi connectivity index (χ3n) is 4.22. The van der Waals surface area contributed by atoms with E-state index in [0.717, 1.165) is 35.5 Å². The molecule has 3 rings (SSSR count). The van der Waals surface area contributed by atoms with Gasteiger partial charge < -0.3 is 9.88 Å². The maximum atomic E-state index is 12.2. The summed E-state index contributed by atoms with van der Waals surface area (Å²) in [5.41, 5.74) is 3.49. The second-order valence-electron chi connectivity index (χ2n) is 6.15. The first-order chi connectivity index (χ1) is 11.9. The molecule has 1 saturated carbocycles. The lowest BCUT2D eigenvalue weighted by Crippen LogP contribution is -2.26. The van der Waals surface area contributed by atoms with Crippen molar-refractivity contribution in [2.24, 2.45) is 0 Å². The Bertz CT molecular complexity index is 917. The van der Waals surface area contributed by atoms with Crippen LogP contribution in [-0.2, 0) is 4.79 Å². The lowest BCUT2D eigenvalue weighted by Gasteiger charge is -2.12. The molecule has 2 aromatic rings. The van der Waals surface area contributed by atoms with Crippen LogP contribution in [0.4, 0.5) is 0 Å². The highest BCUT2D eigenvalue weighted by Crippen LogP contribution is 2.32. The highest BCUT2D eigenvalue weighted by molar-refractivity contribution is 6.43. The number of halogens is 2. The molecule has 4 nitrogen and oxygen atoms in total. The van der Waals surface area contributed by atoms with Gasteiger partial charge in [0.2, 0.25) is 0 Å². The van der Waals surface area contributed by atoms with Crippen molar-refractivity contribution >= 4 is 35.2 Å². The minimum atomic E-state index is -0.324. The average molecular weight is 374 g/mol. The summed E-state index contributed by atoms with van der Waals surface area (Å²) in [4.78, 5) is 12.2. The van der Waals surface area contributed by atoms with Crippen LogP contribution in [0.3, 0.4) is 0 Å². The largest absolute Gasteiger partial charge is 0.349 e. The van der Waals surface area contributed by atoms with Crippen LogP contribution < -0.4 is 5.32 Å². The number of hydrogen-bond donors (Lipinski definition) is 1. The second-order valence-corrected chi connectivity index (χ2v) is 6.94. The average Bonchev–Trinajstić information content (AvgIpc) is 3.34. The summed E-state index contributed by atoms with van der Waals surface area (Å²) < 4.78 is 1.97. The van der Waals surface area contributed by atoms with Crippen LogP contribution in [0.25, 0.3) is 11.8 Å². The Morgan fingerprint density at radius 3 is 2.72 bits per heavy atom. The quantitative estimate of drug-likeness (QED) is 0.629. The van der Waals surface area contributed by atoms with Gasteiger partial charge in [-0.2, -0.15) is 5.26 Å². The molecule has 0 unspecified atom stereocenters. The monoisotopic (exact) mass is 373 g/mol. The van der Waals surface area contributed by atoms with Crippen molar-refractivity contribution in [2.45, 2.75) is 32.7 Å². The maximum absolute atomic E-state index is 12.2. The number of nitriles is 1. The summed E-state index contributed by atoms with van der Waals surface area (Å²) >= 11 is 12.5. The van der Waals surface area contributed by atoms with Gasteiger partial charge in [-0.1, -0.05) is 29.3 Å². The number of rotatable bonds is 4. The van der Waals surface area contributed by atoms with Gasteiger partial charge >= 0.3 is 0 Å². The molecule has 128 valence electrons. The molecule has 0 aliphatic heterocycles. The van der Waals surface area contributed by atoms with Gasteiger partial charge in [0.25, 0.3) is 5.91 Å². The molecular weight excluding hydrogens is 357 g/mol. The van der Waals surface area contributed by atoms with Gasteiger partial charge in [0.1, 0.15) is 11.6 Å². The minimum absolute atomic E-state index is 0.101. The molecule has 1 aromatic carbocycles. The van der Waals surface area contributed by atoms with Gasteiger partial charge in [0, 0.05) is 17.4 Å². The van der Waals surface area contributed by atoms with Crippen molar-refractivity contribution in [1.82, 2.24) is 9.88 Å². The first-order valence-corrected chi connectivity index (χ1v) is 8.74. The zero-order chi connectivity index (χ0) is 18.1. The van der Waals surface area contributed by atoms with E-state index >= 15 is 0 Å². The molecule has 1 fully saturated rings. The predicted octanol–water partition coefficient (Wildman–Crippen LogP) is 4.59. The summed E-state index contributed by atoms with van der Waals surface area (Å²) in [7, 11) is 0. The highest BCUT2D eigenvalue weighted by Gasteiger charge is 2.25. The van der Waals surface area contributed by atoms with E-state index in [2.05, 4.69) is 5.32 Å². The smallest absolute Gasteiger partial charge is 0.262 e. The molecule has 0 spiro atoms. The number of nitrogens with zero attached hydrogens (tertiary/aromatic N) is 2. The van der Waals surface area contributed by atoms with E-state index in [9.17, 15) is 10.1 Å². The predicted molar refractivity (Wildman–Crippen MR) is 100 cm³/mol. The van der Waals surface area contributed by atoms with Gasteiger partial charge in [-0.15, -0.1) is 0 Å². The lowest BCUT2D eigenvalue weighted by molar-refractivity contribution is -0.117. The first kappa shape index (κ1) is 17.6. The summed E-state index contributed by atoms with van der Waals surface area (Å²) in [6, 6.07) is 9.58. The molecule has 0 radical (unpaired) electrons. The molecule has 1 aliphatic rings. The van der Waals surface area contributed by atoms with Gasteiger partial charge in [-0.3, -0.25) is 4.79 Å². The van der Waals surface area contributed by atoms with Gasteiger partial charge in [0.05, 0.1) is 15.7 Å². The number of hydrogen-bond acceptors (Lipinski definition) is 2. The highest BCUT2D eigenvalue weighted by atomic mass is 35.5. The normalized spacial score (nSPS) is 14.3. The molecule has 0 atom stereocenters. The standard InChI is InChI=1S/C19H17Cl2N3O/c1-11-8-13(9-14(10-22)19(25)23-15-6-7-15)12(2)24(11)17-5-3-4-16(20)18(17)21/h3-5,8-9,15H,6-7H2,1-2H3,(H,23,25)/b14-9+. The Balaban J connectivity index is 2.02. The molecule has 0 bridgehead atoms. The van der Waals surface area contributed by atoms with Crippen molar-refractivity contribution < 1.29 is 4.79 Å². The SMILES string of the molecule is Cc1cc(/C=C(\C#N)C(=O)NC2CC2)c(C)n1-c1cccc(Cl)c1Cl. The van der Waals surface area contributed by atoms with E-state index in [-0.39, 0.29) is 17.5 Å². The van der Waals surface area contributed by atoms with Gasteiger partial charge in [0.15, 0.2) is 0 Å². The third kappa shape index (κ3) is 3.58. The van der Waals surface area contributed by atoms with E-state index in [1.54, 1.807) is 12.1 Å². The molecule has 1 N–H and O–H groups in total. The van der Waals surface area contributed by atoms with Crippen molar-refractivity contribution in [3.8, 4) is 11.8 Å². The van der Waals surface area contributed by atoms with E-state index in [1.807, 2.05) is 42.7 Å². The Kier molecular flexibility index (Phi) is 4.89. The summed E-state index contributed by atoms with van der Waals surface area (Å²) in [5.74, 6) is -0.324. The Hall–Kier alpha value is -2.22. The van der Waals surface area contributed by atoms with Crippen molar-refractivity contribution in [1.29, 1.82) is 5.26 Å². The molecule has 1 heterocycles. The molecular formula is C19H17Cl2N3O. The number of nitrogens with one attached hydrogen (secondary N) is 1. The second kappa shape index (κ2) is 6.95. The fourth-order valence-electron chi connectivity index (χ4n) is 2.76. The van der Waals surface area contributed by atoms with Crippen LogP contribution in [0, 0.1) is 25.2 Å². The zero-order valence-electron chi connectivity index (χ0n) is 13.9. The number of aromatic nitrogens is 1. The van der Waals surface area contributed by atoms with Gasteiger partial charge in [-0.05, 0) is 56.5 Å². The molecule has 25 heavy (non-hydrogen) atoms. The first-order valence-electron chi connectivity index (χ1n) is 7.98. The Morgan fingerprint density at radius 1 is 1.36 bits per heavy atom. The number of benzene rings is 1. The molecule has 1 amide bonds. The van der Waals surface area contributed by atoms with Crippen LogP contribution in [0.5, 0.6) is 0 Å². The number of carbonyl (C=O) groups excluding carboxylic acids is 1. The van der Waals surface area contributed by atoms with E-state index in [0.29, 0.717) is 10.0 Å². The molecule has 1 aromatic heterocycles. The van der Waals surface area contributed by atoms with E-state index < -0.39 is 0 Å². The minimum Gasteiger partial charge on any atom is -0.349 e. The summed E-state index contributed by atoms with van der Waals surface area (Å²) in [5, 5.41) is 13.1. The van der Waals surface area contributed by atoms with E-state index in [4.69, 9.17) is 23.2 Å². The van der Waals surface area contributed by atoms with Crippen LogP contribution in [0.2, 0.25) is 10.0 Å². The van der Waals surface area contributed by atoms with Crippen LogP contribution in [0.15, 0.2) is 29.8 Å². The zero-order valence-corrected chi connectivity index (χ0v) is 15.4. The van der Waals surface area contributed by atoms with Crippen molar-refractivity contribution in [3.05, 3.63) is 56.8 Å². The number of carbonyl (C=O) groups is 1. The molecule has 1 aliphatic carbocycles. The summed E-state index contributed by atoms with van der Waals surface area (Å²) in [6.07, 6.45) is 3.58. The lowest BCUT2D eigenvalue weighted by atomic mass is 10.1. The fourth-order valence-corrected chi connectivity index (χ4v) is 3.14. The van der Waals surface area contributed by atoms with Crippen LogP contribution in [-0.4, -0.2) is 16.5 Å². The molecule has 0 saturated heterocycles. The molecule has 6 heteroatoms. The van der Waals surface area contributed by atoms with Crippen LogP contribution >= 0.6 is 23.2 Å². The number of amides is 1. The van der Waals surface area contributed by atoms with Crippen LogP contribution in [0.1, 0.15) is 29.8 Å². The van der Waals surface area contributed by atoms with Crippen molar-refractivity contribution in [3.63, 3.8) is 0 Å². The Morgan fingerprint density at radius 2 is 2.08 bits per heavy atom. The fraction of sp³-hybridized carbons (Fsp3) is 0.263.